The molecule has 0 radical (unpaired) electrons. The predicted molar refractivity (Wildman–Crippen MR) is 109 cm³/mol. The molecule has 0 saturated carbocycles. The van der Waals surface area contributed by atoms with Crippen LogP contribution in [0, 0.1) is 6.92 Å². The lowest BCUT2D eigenvalue weighted by molar-refractivity contribution is -0.123. The van der Waals surface area contributed by atoms with Crippen molar-refractivity contribution in [3.05, 3.63) is 59.7 Å². The van der Waals surface area contributed by atoms with Gasteiger partial charge < -0.3 is 15.1 Å². The Kier molecular flexibility index (Phi) is 6.12. The van der Waals surface area contributed by atoms with Crippen LogP contribution in [0.5, 0.6) is 0 Å². The molecule has 1 N–H and O–H groups in total. The lowest BCUT2D eigenvalue weighted by Crippen LogP contribution is -2.39. The van der Waals surface area contributed by atoms with Crippen molar-refractivity contribution in [2.45, 2.75) is 33.2 Å². The van der Waals surface area contributed by atoms with Crippen molar-refractivity contribution in [1.82, 2.24) is 5.32 Å². The summed E-state index contributed by atoms with van der Waals surface area (Å²) in [7, 11) is 0. The number of benzene rings is 2. The molecule has 0 aliphatic carbocycles. The van der Waals surface area contributed by atoms with Crippen LogP contribution in [-0.2, 0) is 16.1 Å². The minimum Gasteiger partial charge on any atom is -0.372 e. The maximum atomic E-state index is 12.3. The van der Waals surface area contributed by atoms with Gasteiger partial charge in [-0.25, -0.2) is 0 Å². The number of anilines is 2. The fraction of sp³-hybridized carbons (Fsp3) is 0.364. The topological polar surface area (TPSA) is 52.7 Å². The molecule has 1 aliphatic heterocycles. The third-order valence-corrected chi connectivity index (χ3v) is 4.92. The van der Waals surface area contributed by atoms with Crippen molar-refractivity contribution in [1.29, 1.82) is 0 Å². The number of amides is 2. The third-order valence-electron chi connectivity index (χ3n) is 4.92. The van der Waals surface area contributed by atoms with E-state index in [2.05, 4.69) is 10.2 Å². The second-order valence-corrected chi connectivity index (χ2v) is 7.08. The lowest BCUT2D eigenvalue weighted by atomic mass is 10.1. The summed E-state index contributed by atoms with van der Waals surface area (Å²) in [5.41, 5.74) is 4.14. The molecule has 2 amide bonds. The second kappa shape index (κ2) is 8.71. The Morgan fingerprint density at radius 1 is 1.00 bits per heavy atom. The number of carbonyl (C=O) groups is 2. The molecular weight excluding hydrogens is 338 g/mol. The highest BCUT2D eigenvalue weighted by Crippen LogP contribution is 2.24. The third kappa shape index (κ3) is 5.09. The van der Waals surface area contributed by atoms with Crippen LogP contribution in [0.4, 0.5) is 11.4 Å². The fourth-order valence-corrected chi connectivity index (χ4v) is 3.31. The maximum Gasteiger partial charge on any atom is 0.240 e. The molecule has 2 aromatic rings. The van der Waals surface area contributed by atoms with Gasteiger partial charge in [0.1, 0.15) is 6.54 Å². The van der Waals surface area contributed by atoms with Crippen LogP contribution in [0.2, 0.25) is 0 Å². The van der Waals surface area contributed by atoms with E-state index in [9.17, 15) is 9.59 Å². The zero-order chi connectivity index (χ0) is 19.2. The number of aryl methyl sites for hydroxylation is 1. The summed E-state index contributed by atoms with van der Waals surface area (Å²) in [6, 6.07) is 15.9. The predicted octanol–water partition coefficient (Wildman–Crippen LogP) is 3.26. The average molecular weight is 365 g/mol. The molecule has 142 valence electrons. The zero-order valence-electron chi connectivity index (χ0n) is 16.1. The van der Waals surface area contributed by atoms with Gasteiger partial charge in [0.25, 0.3) is 0 Å². The Labute approximate surface area is 161 Å². The molecule has 1 heterocycles. The van der Waals surface area contributed by atoms with E-state index in [0.29, 0.717) is 6.54 Å². The van der Waals surface area contributed by atoms with Crippen molar-refractivity contribution in [3.8, 4) is 0 Å². The molecule has 2 aromatic carbocycles. The molecule has 0 spiro atoms. The first kappa shape index (κ1) is 19.0. The summed E-state index contributed by atoms with van der Waals surface area (Å²) < 4.78 is 0. The summed E-state index contributed by atoms with van der Waals surface area (Å²) in [6.45, 7) is 6.15. The molecule has 0 unspecified atom stereocenters. The van der Waals surface area contributed by atoms with Gasteiger partial charge in [-0.15, -0.1) is 0 Å². The van der Waals surface area contributed by atoms with Crippen LogP contribution in [0.3, 0.4) is 0 Å². The van der Waals surface area contributed by atoms with Crippen LogP contribution in [0.1, 0.15) is 30.9 Å². The number of rotatable bonds is 6. The van der Waals surface area contributed by atoms with Crippen LogP contribution < -0.4 is 15.1 Å². The molecule has 5 heteroatoms. The summed E-state index contributed by atoms with van der Waals surface area (Å²) in [6.07, 6.45) is 2.45. The largest absolute Gasteiger partial charge is 0.372 e. The van der Waals surface area contributed by atoms with Gasteiger partial charge in [0.05, 0.1) is 0 Å². The van der Waals surface area contributed by atoms with Crippen LogP contribution >= 0.6 is 0 Å². The summed E-state index contributed by atoms with van der Waals surface area (Å²) in [4.78, 5) is 28.3. The summed E-state index contributed by atoms with van der Waals surface area (Å²) in [5.74, 6) is -0.316. The van der Waals surface area contributed by atoms with Gasteiger partial charge in [-0.2, -0.15) is 0 Å². The standard InChI is InChI=1S/C22H27N3O2/c1-17-5-7-19(8-6-17)15-23-22(27)16-25(18(2)26)21-11-9-20(10-12-21)24-13-3-4-14-24/h5-12H,3-4,13-16H2,1-2H3,(H,23,27). The number of carbonyl (C=O) groups excluding carboxylic acids is 2. The first-order valence-electron chi connectivity index (χ1n) is 9.48. The van der Waals surface area contributed by atoms with Crippen LogP contribution in [-0.4, -0.2) is 31.4 Å². The normalized spacial score (nSPS) is 13.5. The summed E-state index contributed by atoms with van der Waals surface area (Å²) in [5, 5.41) is 2.89. The Balaban J connectivity index is 1.60. The van der Waals surface area contributed by atoms with Gasteiger partial charge in [0, 0.05) is 37.9 Å². The second-order valence-electron chi connectivity index (χ2n) is 7.08. The molecule has 1 fully saturated rings. The van der Waals surface area contributed by atoms with E-state index in [-0.39, 0.29) is 18.4 Å². The molecule has 0 aromatic heterocycles. The van der Waals surface area contributed by atoms with E-state index >= 15 is 0 Å². The van der Waals surface area contributed by atoms with Crippen molar-refractivity contribution < 1.29 is 9.59 Å². The van der Waals surface area contributed by atoms with Crippen molar-refractivity contribution in [2.75, 3.05) is 29.4 Å². The number of nitrogens with one attached hydrogen (secondary N) is 1. The van der Waals surface area contributed by atoms with E-state index in [1.807, 2.05) is 55.5 Å². The first-order valence-corrected chi connectivity index (χ1v) is 9.48. The van der Waals surface area contributed by atoms with Crippen LogP contribution in [0.25, 0.3) is 0 Å². The van der Waals surface area contributed by atoms with E-state index < -0.39 is 0 Å². The van der Waals surface area contributed by atoms with Crippen LogP contribution in [0.15, 0.2) is 48.5 Å². The first-order chi connectivity index (χ1) is 13.0. The number of nitrogens with zero attached hydrogens (tertiary/aromatic N) is 2. The lowest BCUT2D eigenvalue weighted by Gasteiger charge is -2.23. The molecule has 27 heavy (non-hydrogen) atoms. The monoisotopic (exact) mass is 365 g/mol. The quantitative estimate of drug-likeness (QED) is 0.855. The molecule has 5 nitrogen and oxygen atoms in total. The Morgan fingerprint density at radius 2 is 1.63 bits per heavy atom. The van der Waals surface area contributed by atoms with E-state index in [1.165, 1.54) is 35.9 Å². The minimum absolute atomic E-state index is 0.0181. The zero-order valence-corrected chi connectivity index (χ0v) is 16.1. The van der Waals surface area contributed by atoms with Crippen molar-refractivity contribution in [3.63, 3.8) is 0 Å². The number of hydrogen-bond donors (Lipinski definition) is 1. The molecule has 0 bridgehead atoms. The Hall–Kier alpha value is -2.82. The average Bonchev–Trinajstić information content (AvgIpc) is 3.20. The Bertz CT molecular complexity index is 778. The van der Waals surface area contributed by atoms with Gasteiger partial charge in [-0.05, 0) is 49.6 Å². The highest BCUT2D eigenvalue weighted by atomic mass is 16.2. The van der Waals surface area contributed by atoms with E-state index in [0.717, 1.165) is 24.3 Å². The molecular formula is C22H27N3O2. The molecule has 3 rings (SSSR count). The Morgan fingerprint density at radius 3 is 2.22 bits per heavy atom. The van der Waals surface area contributed by atoms with E-state index in [1.54, 1.807) is 0 Å². The number of hydrogen-bond acceptors (Lipinski definition) is 3. The van der Waals surface area contributed by atoms with Gasteiger partial charge in [0.2, 0.25) is 11.8 Å². The summed E-state index contributed by atoms with van der Waals surface area (Å²) >= 11 is 0. The van der Waals surface area contributed by atoms with Crippen molar-refractivity contribution in [2.24, 2.45) is 0 Å². The fourth-order valence-electron chi connectivity index (χ4n) is 3.31. The van der Waals surface area contributed by atoms with Gasteiger partial charge in [-0.1, -0.05) is 29.8 Å². The van der Waals surface area contributed by atoms with Gasteiger partial charge >= 0.3 is 0 Å². The van der Waals surface area contributed by atoms with Gasteiger partial charge in [0.15, 0.2) is 0 Å². The van der Waals surface area contributed by atoms with Crippen molar-refractivity contribution >= 4 is 23.2 Å². The highest BCUT2D eigenvalue weighted by molar-refractivity contribution is 5.97. The SMILES string of the molecule is CC(=O)N(CC(=O)NCc1ccc(C)cc1)c1ccc(N2CCCC2)cc1. The van der Waals surface area contributed by atoms with E-state index in [4.69, 9.17) is 0 Å². The highest BCUT2D eigenvalue weighted by Gasteiger charge is 2.17. The minimum atomic E-state index is -0.172. The molecule has 1 saturated heterocycles. The molecule has 1 aliphatic rings. The molecule has 0 atom stereocenters. The maximum absolute atomic E-state index is 12.3. The smallest absolute Gasteiger partial charge is 0.240 e. The van der Waals surface area contributed by atoms with Gasteiger partial charge in [-0.3, -0.25) is 9.59 Å².